The molecule has 4 rings (SSSR count). The van der Waals surface area contributed by atoms with Crippen molar-refractivity contribution in [2.24, 2.45) is 5.41 Å². The standard InChI is InChI=1S/C28H37N3O2S/c1-19(2)22-7-9-23(10-8-22)28(33,26(4)17-31(6)18-26)24-13-21(14-29-15-24)11-12-27(5,32)25-16-34-20(3)30-25/h7-10,13-16,19,32-33H,11-12,17-18H2,1-6H3. The van der Waals surface area contributed by atoms with Crippen LogP contribution in [-0.4, -0.2) is 45.2 Å². The summed E-state index contributed by atoms with van der Waals surface area (Å²) < 4.78 is 0. The summed E-state index contributed by atoms with van der Waals surface area (Å²) in [5.74, 6) is 0.437. The Bertz CT molecular complexity index is 1130. The first-order valence-electron chi connectivity index (χ1n) is 12.1. The van der Waals surface area contributed by atoms with Gasteiger partial charge in [-0.3, -0.25) is 4.98 Å². The number of aromatic nitrogens is 2. The predicted molar refractivity (Wildman–Crippen MR) is 138 cm³/mol. The first-order chi connectivity index (χ1) is 15.9. The molecule has 182 valence electrons. The van der Waals surface area contributed by atoms with E-state index in [1.165, 1.54) is 5.56 Å². The Balaban J connectivity index is 1.66. The lowest BCUT2D eigenvalue weighted by Gasteiger charge is -2.56. The van der Waals surface area contributed by atoms with E-state index in [1.54, 1.807) is 17.5 Å². The maximum Gasteiger partial charge on any atom is 0.124 e. The Labute approximate surface area is 207 Å². The van der Waals surface area contributed by atoms with Crippen LogP contribution in [0.1, 0.15) is 73.0 Å². The average molecular weight is 480 g/mol. The third-order valence-electron chi connectivity index (χ3n) is 7.39. The molecule has 0 spiro atoms. The number of nitrogens with zero attached hydrogens (tertiary/aromatic N) is 3. The highest BCUT2D eigenvalue weighted by Crippen LogP contribution is 2.50. The fraction of sp³-hybridized carbons (Fsp3) is 0.500. The minimum absolute atomic E-state index is 0.328. The van der Waals surface area contributed by atoms with Crippen molar-refractivity contribution >= 4 is 11.3 Å². The first kappa shape index (κ1) is 25.0. The van der Waals surface area contributed by atoms with Crippen LogP contribution in [0.15, 0.2) is 48.1 Å². The van der Waals surface area contributed by atoms with Crippen LogP contribution in [0.2, 0.25) is 0 Å². The van der Waals surface area contributed by atoms with Crippen molar-refractivity contribution in [3.63, 3.8) is 0 Å². The van der Waals surface area contributed by atoms with Crippen LogP contribution < -0.4 is 0 Å². The third-order valence-corrected chi connectivity index (χ3v) is 8.16. The first-order valence-corrected chi connectivity index (χ1v) is 12.9. The SMILES string of the molecule is Cc1nc(C(C)(O)CCc2cncc(C(O)(c3ccc(C(C)C)cc3)C3(C)CN(C)C3)c2)cs1. The Morgan fingerprint density at radius 3 is 2.35 bits per heavy atom. The fourth-order valence-electron chi connectivity index (χ4n) is 5.30. The Morgan fingerprint density at radius 2 is 1.79 bits per heavy atom. The Hall–Kier alpha value is -2.12. The summed E-state index contributed by atoms with van der Waals surface area (Å²) in [6, 6.07) is 10.5. The van der Waals surface area contributed by atoms with E-state index < -0.39 is 11.2 Å². The summed E-state index contributed by atoms with van der Waals surface area (Å²) in [7, 11) is 2.08. The van der Waals surface area contributed by atoms with Gasteiger partial charge in [-0.1, -0.05) is 45.0 Å². The van der Waals surface area contributed by atoms with E-state index in [1.807, 2.05) is 25.4 Å². The van der Waals surface area contributed by atoms with Crippen LogP contribution in [0.3, 0.4) is 0 Å². The molecule has 1 saturated heterocycles. The summed E-state index contributed by atoms with van der Waals surface area (Å²) in [6.45, 7) is 11.9. The van der Waals surface area contributed by atoms with Crippen molar-refractivity contribution in [1.82, 2.24) is 14.9 Å². The van der Waals surface area contributed by atoms with E-state index in [2.05, 4.69) is 73.0 Å². The Kier molecular flexibility index (Phi) is 6.73. The van der Waals surface area contributed by atoms with Gasteiger partial charge in [0.15, 0.2) is 0 Å². The van der Waals surface area contributed by atoms with E-state index in [9.17, 15) is 10.2 Å². The minimum atomic E-state index is -1.16. The van der Waals surface area contributed by atoms with Gasteiger partial charge in [-0.25, -0.2) is 4.98 Å². The van der Waals surface area contributed by atoms with Gasteiger partial charge >= 0.3 is 0 Å². The fourth-order valence-corrected chi connectivity index (χ4v) is 6.04. The van der Waals surface area contributed by atoms with Crippen LogP contribution in [0.5, 0.6) is 0 Å². The summed E-state index contributed by atoms with van der Waals surface area (Å²) in [5, 5.41) is 26.3. The highest BCUT2D eigenvalue weighted by atomic mass is 32.1. The molecule has 34 heavy (non-hydrogen) atoms. The van der Waals surface area contributed by atoms with Gasteiger partial charge in [0, 0.05) is 41.8 Å². The number of likely N-dealkylation sites (tertiary alicyclic amines) is 1. The quantitative estimate of drug-likeness (QED) is 0.476. The average Bonchev–Trinajstić information content (AvgIpc) is 3.24. The largest absolute Gasteiger partial charge is 0.384 e. The molecule has 6 heteroatoms. The molecule has 1 aliphatic heterocycles. The molecule has 2 unspecified atom stereocenters. The molecule has 0 saturated carbocycles. The van der Waals surface area contributed by atoms with Crippen molar-refractivity contribution in [1.29, 1.82) is 0 Å². The highest BCUT2D eigenvalue weighted by Gasteiger charge is 2.55. The van der Waals surface area contributed by atoms with Gasteiger partial charge in [-0.15, -0.1) is 11.3 Å². The van der Waals surface area contributed by atoms with Crippen molar-refractivity contribution in [2.75, 3.05) is 20.1 Å². The van der Waals surface area contributed by atoms with Gasteiger partial charge in [0.2, 0.25) is 0 Å². The molecule has 2 aromatic heterocycles. The van der Waals surface area contributed by atoms with Gasteiger partial charge in [-0.2, -0.15) is 0 Å². The normalized spacial score (nSPS) is 19.4. The summed E-state index contributed by atoms with van der Waals surface area (Å²) in [4.78, 5) is 11.2. The van der Waals surface area contributed by atoms with Gasteiger partial charge in [0.05, 0.1) is 10.7 Å². The second-order valence-corrected chi connectivity index (χ2v) is 11.9. The maximum absolute atomic E-state index is 12.4. The molecule has 5 nitrogen and oxygen atoms in total. The van der Waals surface area contributed by atoms with Crippen molar-refractivity contribution in [2.45, 2.75) is 64.6 Å². The monoisotopic (exact) mass is 479 g/mol. The molecular formula is C28H37N3O2S. The molecule has 2 atom stereocenters. The molecule has 1 fully saturated rings. The second-order valence-electron chi connectivity index (χ2n) is 10.8. The molecular weight excluding hydrogens is 442 g/mol. The van der Waals surface area contributed by atoms with E-state index in [-0.39, 0.29) is 5.41 Å². The number of hydrogen-bond acceptors (Lipinski definition) is 6. The zero-order valence-corrected chi connectivity index (χ0v) is 22.0. The minimum Gasteiger partial charge on any atom is -0.384 e. The zero-order chi connectivity index (χ0) is 24.7. The van der Waals surface area contributed by atoms with Gasteiger partial charge in [0.1, 0.15) is 11.2 Å². The molecule has 0 amide bonds. The predicted octanol–water partition coefficient (Wildman–Crippen LogP) is 5.00. The number of aryl methyl sites for hydroxylation is 2. The number of aliphatic hydroxyl groups is 2. The van der Waals surface area contributed by atoms with Crippen LogP contribution in [0, 0.1) is 12.3 Å². The van der Waals surface area contributed by atoms with E-state index >= 15 is 0 Å². The molecule has 0 aliphatic carbocycles. The van der Waals surface area contributed by atoms with Crippen molar-refractivity contribution in [3.8, 4) is 0 Å². The van der Waals surface area contributed by atoms with Gasteiger partial charge < -0.3 is 15.1 Å². The van der Waals surface area contributed by atoms with Crippen LogP contribution in [0.25, 0.3) is 0 Å². The number of thiazole rings is 1. The van der Waals surface area contributed by atoms with Crippen LogP contribution in [-0.2, 0) is 17.6 Å². The third kappa shape index (κ3) is 4.57. The van der Waals surface area contributed by atoms with E-state index in [4.69, 9.17) is 0 Å². The zero-order valence-electron chi connectivity index (χ0n) is 21.2. The second kappa shape index (κ2) is 9.15. The molecule has 3 heterocycles. The molecule has 1 aliphatic rings. The lowest BCUT2D eigenvalue weighted by atomic mass is 9.62. The molecule has 3 aromatic rings. The lowest BCUT2D eigenvalue weighted by molar-refractivity contribution is -0.127. The summed E-state index contributed by atoms with van der Waals surface area (Å²) in [5.41, 5.74) is 2.18. The highest BCUT2D eigenvalue weighted by molar-refractivity contribution is 7.09. The number of rotatable bonds is 8. The Morgan fingerprint density at radius 1 is 1.12 bits per heavy atom. The molecule has 0 radical (unpaired) electrons. The molecule has 1 aromatic carbocycles. The summed E-state index contributed by atoms with van der Waals surface area (Å²) in [6.07, 6.45) is 4.81. The van der Waals surface area contributed by atoms with Gasteiger partial charge in [-0.05, 0) is 62.4 Å². The number of hydrogen-bond donors (Lipinski definition) is 2. The summed E-state index contributed by atoms with van der Waals surface area (Å²) >= 11 is 1.55. The van der Waals surface area contributed by atoms with Crippen LogP contribution >= 0.6 is 11.3 Å². The van der Waals surface area contributed by atoms with Crippen molar-refractivity contribution < 1.29 is 10.2 Å². The molecule has 0 bridgehead atoms. The van der Waals surface area contributed by atoms with E-state index in [0.717, 1.165) is 34.8 Å². The smallest absolute Gasteiger partial charge is 0.124 e. The van der Waals surface area contributed by atoms with Gasteiger partial charge in [0.25, 0.3) is 0 Å². The van der Waals surface area contributed by atoms with E-state index in [0.29, 0.717) is 24.5 Å². The topological polar surface area (TPSA) is 69.5 Å². The maximum atomic E-state index is 12.4. The van der Waals surface area contributed by atoms with Crippen molar-refractivity contribution in [3.05, 3.63) is 81.1 Å². The van der Waals surface area contributed by atoms with Crippen LogP contribution in [0.4, 0.5) is 0 Å². The number of benzene rings is 1. The number of pyridine rings is 1. The molecule has 2 N–H and O–H groups in total. The lowest BCUT2D eigenvalue weighted by Crippen LogP contribution is -2.63.